The van der Waals surface area contributed by atoms with E-state index in [-0.39, 0.29) is 11.5 Å². The van der Waals surface area contributed by atoms with Crippen LogP contribution >= 0.6 is 0 Å². The first kappa shape index (κ1) is 12.1. The third kappa shape index (κ3) is 3.31. The van der Waals surface area contributed by atoms with E-state index in [4.69, 9.17) is 0 Å². The van der Waals surface area contributed by atoms with Crippen molar-refractivity contribution in [3.05, 3.63) is 47.8 Å². The molecule has 0 fully saturated rings. The first-order valence-electron chi connectivity index (χ1n) is 4.70. The third-order valence-electron chi connectivity index (χ3n) is 1.93. The smallest absolute Gasteiger partial charge is 0.246 e. The van der Waals surface area contributed by atoms with Gasteiger partial charge in [-0.3, -0.25) is 9.59 Å². The number of hydrogen-bond donors (Lipinski definition) is 0. The van der Waals surface area contributed by atoms with Gasteiger partial charge in [-0.1, -0.05) is 12.1 Å². The standard InChI is InChI=1S/C12H12FNO2/c1-14(2)12(16)7-6-11(15)9-4-3-5-10(13)8-9/h3-8H,1-2H3/b7-6+. The number of benzene rings is 1. The summed E-state index contributed by atoms with van der Waals surface area (Å²) in [7, 11) is 3.17. The van der Waals surface area contributed by atoms with Crippen LogP contribution in [0.2, 0.25) is 0 Å². The highest BCUT2D eigenvalue weighted by atomic mass is 19.1. The molecule has 0 saturated heterocycles. The van der Waals surface area contributed by atoms with Crippen molar-refractivity contribution in [1.82, 2.24) is 4.90 Å². The molecule has 0 N–H and O–H groups in total. The molecule has 84 valence electrons. The average Bonchev–Trinajstić information content (AvgIpc) is 2.25. The molecule has 3 nitrogen and oxygen atoms in total. The Balaban J connectivity index is 2.77. The van der Waals surface area contributed by atoms with Gasteiger partial charge in [-0.05, 0) is 18.2 Å². The monoisotopic (exact) mass is 221 g/mol. The fraction of sp³-hybridized carbons (Fsp3) is 0.167. The first-order valence-corrected chi connectivity index (χ1v) is 4.70. The Kier molecular flexibility index (Phi) is 3.94. The van der Waals surface area contributed by atoms with E-state index in [1.165, 1.54) is 23.1 Å². The van der Waals surface area contributed by atoms with Gasteiger partial charge in [-0.2, -0.15) is 0 Å². The van der Waals surface area contributed by atoms with E-state index in [0.29, 0.717) is 0 Å². The number of carbonyl (C=O) groups is 2. The minimum absolute atomic E-state index is 0.225. The highest BCUT2D eigenvalue weighted by Crippen LogP contribution is 2.05. The summed E-state index contributed by atoms with van der Waals surface area (Å²) in [6.45, 7) is 0. The molecular weight excluding hydrogens is 209 g/mol. The van der Waals surface area contributed by atoms with Gasteiger partial charge in [0.15, 0.2) is 5.78 Å². The van der Waals surface area contributed by atoms with E-state index < -0.39 is 11.6 Å². The van der Waals surface area contributed by atoms with Crippen molar-refractivity contribution in [3.63, 3.8) is 0 Å². The van der Waals surface area contributed by atoms with Crippen LogP contribution in [0.15, 0.2) is 36.4 Å². The summed E-state index contributed by atoms with van der Waals surface area (Å²) in [6.07, 6.45) is 2.30. The van der Waals surface area contributed by atoms with Gasteiger partial charge < -0.3 is 4.90 Å². The summed E-state index contributed by atoms with van der Waals surface area (Å²) in [5.74, 6) is -1.15. The zero-order valence-corrected chi connectivity index (χ0v) is 9.11. The molecule has 0 saturated carbocycles. The zero-order valence-electron chi connectivity index (χ0n) is 9.11. The normalized spacial score (nSPS) is 10.4. The highest BCUT2D eigenvalue weighted by molar-refractivity contribution is 6.07. The predicted molar refractivity (Wildman–Crippen MR) is 58.6 cm³/mol. The average molecular weight is 221 g/mol. The fourth-order valence-corrected chi connectivity index (χ4v) is 1.03. The van der Waals surface area contributed by atoms with E-state index in [9.17, 15) is 14.0 Å². The van der Waals surface area contributed by atoms with Crippen LogP contribution in [0.5, 0.6) is 0 Å². The predicted octanol–water partition coefficient (Wildman–Crippen LogP) is 1.65. The maximum atomic E-state index is 12.8. The fourth-order valence-electron chi connectivity index (χ4n) is 1.03. The number of allylic oxidation sites excluding steroid dienone is 1. The second-order valence-corrected chi connectivity index (χ2v) is 3.44. The number of nitrogens with zero attached hydrogens (tertiary/aromatic N) is 1. The van der Waals surface area contributed by atoms with Crippen molar-refractivity contribution in [1.29, 1.82) is 0 Å². The van der Waals surface area contributed by atoms with Crippen LogP contribution in [0.4, 0.5) is 4.39 Å². The summed E-state index contributed by atoms with van der Waals surface area (Å²) >= 11 is 0. The molecule has 0 atom stereocenters. The lowest BCUT2D eigenvalue weighted by Gasteiger charge is -2.04. The summed E-state index contributed by atoms with van der Waals surface area (Å²) in [6, 6.07) is 5.33. The van der Waals surface area contributed by atoms with Crippen molar-refractivity contribution in [2.45, 2.75) is 0 Å². The van der Waals surface area contributed by atoms with Gasteiger partial charge in [0.05, 0.1) is 0 Å². The molecule has 0 aliphatic rings. The zero-order chi connectivity index (χ0) is 12.1. The van der Waals surface area contributed by atoms with Gasteiger partial charge in [0.25, 0.3) is 0 Å². The molecule has 1 amide bonds. The molecule has 0 unspecified atom stereocenters. The number of ketones is 1. The Labute approximate surface area is 93.2 Å². The molecule has 1 rings (SSSR count). The largest absolute Gasteiger partial charge is 0.345 e. The second kappa shape index (κ2) is 5.21. The summed E-state index contributed by atoms with van der Waals surface area (Å²) in [4.78, 5) is 24.0. The summed E-state index contributed by atoms with van der Waals surface area (Å²) < 4.78 is 12.8. The third-order valence-corrected chi connectivity index (χ3v) is 1.93. The van der Waals surface area contributed by atoms with Crippen molar-refractivity contribution >= 4 is 11.7 Å². The van der Waals surface area contributed by atoms with Crippen LogP contribution < -0.4 is 0 Å². The summed E-state index contributed by atoms with van der Waals surface area (Å²) in [5.41, 5.74) is 0.225. The summed E-state index contributed by atoms with van der Waals surface area (Å²) in [5, 5.41) is 0. The Morgan fingerprint density at radius 3 is 2.50 bits per heavy atom. The lowest BCUT2D eigenvalue weighted by molar-refractivity contribution is -0.123. The Morgan fingerprint density at radius 2 is 1.94 bits per heavy atom. The van der Waals surface area contributed by atoms with Crippen molar-refractivity contribution in [2.24, 2.45) is 0 Å². The van der Waals surface area contributed by atoms with E-state index in [1.54, 1.807) is 14.1 Å². The van der Waals surface area contributed by atoms with Crippen molar-refractivity contribution in [2.75, 3.05) is 14.1 Å². The Hall–Kier alpha value is -1.97. The number of rotatable bonds is 3. The molecule has 0 aliphatic heterocycles. The van der Waals surface area contributed by atoms with Gasteiger partial charge in [0.2, 0.25) is 5.91 Å². The first-order chi connectivity index (χ1) is 7.50. The molecule has 0 spiro atoms. The Bertz CT molecular complexity index is 438. The van der Waals surface area contributed by atoms with Crippen LogP contribution in [0.3, 0.4) is 0 Å². The molecule has 16 heavy (non-hydrogen) atoms. The minimum atomic E-state index is -0.474. The van der Waals surface area contributed by atoms with Crippen LogP contribution in [0.1, 0.15) is 10.4 Å². The topological polar surface area (TPSA) is 37.4 Å². The van der Waals surface area contributed by atoms with Crippen molar-refractivity contribution in [3.8, 4) is 0 Å². The molecule has 0 radical (unpaired) electrons. The highest BCUT2D eigenvalue weighted by Gasteiger charge is 2.04. The second-order valence-electron chi connectivity index (χ2n) is 3.44. The number of hydrogen-bond acceptors (Lipinski definition) is 2. The molecule has 1 aromatic rings. The molecule has 1 aromatic carbocycles. The molecule has 0 heterocycles. The van der Waals surface area contributed by atoms with Crippen LogP contribution in [0.25, 0.3) is 0 Å². The quantitative estimate of drug-likeness (QED) is 0.575. The van der Waals surface area contributed by atoms with Crippen LogP contribution in [-0.2, 0) is 4.79 Å². The molecule has 0 bridgehead atoms. The molecule has 0 aromatic heterocycles. The number of amides is 1. The minimum Gasteiger partial charge on any atom is -0.345 e. The van der Waals surface area contributed by atoms with Crippen molar-refractivity contribution < 1.29 is 14.0 Å². The van der Waals surface area contributed by atoms with E-state index >= 15 is 0 Å². The Morgan fingerprint density at radius 1 is 1.25 bits per heavy atom. The maximum absolute atomic E-state index is 12.8. The van der Waals surface area contributed by atoms with Gasteiger partial charge in [-0.25, -0.2) is 4.39 Å². The van der Waals surface area contributed by atoms with Gasteiger partial charge in [0.1, 0.15) is 5.82 Å². The number of halogens is 1. The van der Waals surface area contributed by atoms with E-state index in [0.717, 1.165) is 18.2 Å². The number of carbonyl (C=O) groups excluding carboxylic acids is 2. The van der Waals surface area contributed by atoms with Gasteiger partial charge >= 0.3 is 0 Å². The molecular formula is C12H12FNO2. The van der Waals surface area contributed by atoms with Gasteiger partial charge in [-0.15, -0.1) is 0 Å². The van der Waals surface area contributed by atoms with Crippen LogP contribution in [0, 0.1) is 5.82 Å². The SMILES string of the molecule is CN(C)C(=O)/C=C/C(=O)c1cccc(F)c1. The molecule has 0 aliphatic carbocycles. The molecule has 4 heteroatoms. The van der Waals surface area contributed by atoms with Gasteiger partial charge in [0, 0.05) is 25.7 Å². The van der Waals surface area contributed by atoms with E-state index in [1.807, 2.05) is 0 Å². The lowest BCUT2D eigenvalue weighted by Crippen LogP contribution is -2.19. The number of likely N-dealkylation sites (N-methyl/N-ethyl adjacent to an activating group) is 1. The maximum Gasteiger partial charge on any atom is 0.246 e. The van der Waals surface area contributed by atoms with Crippen LogP contribution in [-0.4, -0.2) is 30.7 Å². The van der Waals surface area contributed by atoms with E-state index in [2.05, 4.69) is 0 Å². The lowest BCUT2D eigenvalue weighted by atomic mass is 10.1.